The highest BCUT2D eigenvalue weighted by Gasteiger charge is 2.32. The van der Waals surface area contributed by atoms with Gasteiger partial charge in [0.05, 0.1) is 18.8 Å². The third kappa shape index (κ3) is 3.09. The largest absolute Gasteiger partial charge is 0.368 e. The summed E-state index contributed by atoms with van der Waals surface area (Å²) < 4.78 is 11.1. The minimum Gasteiger partial charge on any atom is -0.368 e. The van der Waals surface area contributed by atoms with Crippen LogP contribution < -0.4 is 5.56 Å². The fourth-order valence-electron chi connectivity index (χ4n) is 3.48. The summed E-state index contributed by atoms with van der Waals surface area (Å²) in [5.41, 5.74) is 1.69. The number of hydrogen-bond donors (Lipinski definition) is 1. The molecule has 4 rings (SSSR count). The molecule has 3 heterocycles. The minimum atomic E-state index is -0.415. The summed E-state index contributed by atoms with van der Waals surface area (Å²) in [4.78, 5) is 33.2. The zero-order chi connectivity index (χ0) is 17.4. The highest BCUT2D eigenvalue weighted by Crippen LogP contribution is 2.27. The van der Waals surface area contributed by atoms with Gasteiger partial charge in [0.2, 0.25) is 0 Å². The number of ether oxygens (including phenoxy) is 1. The molecule has 1 saturated heterocycles. The Labute approximate surface area is 144 Å². The molecule has 1 fully saturated rings. The summed E-state index contributed by atoms with van der Waals surface area (Å²) >= 11 is 0. The number of amides is 1. The first-order valence-electron chi connectivity index (χ1n) is 8.58. The number of aromatic nitrogens is 3. The van der Waals surface area contributed by atoms with Crippen molar-refractivity contribution < 1.29 is 14.1 Å². The maximum atomic E-state index is 12.9. The second kappa shape index (κ2) is 6.44. The predicted molar refractivity (Wildman–Crippen MR) is 87.3 cm³/mol. The fraction of sp³-hybridized carbons (Fsp3) is 0.529. The number of rotatable bonds is 2. The number of nitrogens with zero attached hydrogens (tertiary/aromatic N) is 3. The topological polar surface area (TPSA) is 101 Å². The van der Waals surface area contributed by atoms with Crippen LogP contribution in [0.1, 0.15) is 52.3 Å². The first-order valence-corrected chi connectivity index (χ1v) is 8.58. The van der Waals surface area contributed by atoms with Crippen LogP contribution in [0.15, 0.2) is 15.4 Å². The lowest BCUT2D eigenvalue weighted by molar-refractivity contribution is -0.0252. The molecule has 2 aromatic rings. The van der Waals surface area contributed by atoms with Crippen LogP contribution in [-0.2, 0) is 17.6 Å². The molecule has 2 aromatic heterocycles. The van der Waals surface area contributed by atoms with E-state index < -0.39 is 6.10 Å². The van der Waals surface area contributed by atoms with E-state index in [1.165, 1.54) is 6.07 Å². The zero-order valence-corrected chi connectivity index (χ0v) is 14.1. The Hall–Kier alpha value is -2.48. The first kappa shape index (κ1) is 16.0. The predicted octanol–water partition coefficient (Wildman–Crippen LogP) is 1.16. The summed E-state index contributed by atoms with van der Waals surface area (Å²) in [5.74, 6) is 1.23. The maximum Gasteiger partial charge on any atom is 0.276 e. The number of carbonyl (C=O) groups is 1. The fourth-order valence-corrected chi connectivity index (χ4v) is 3.48. The van der Waals surface area contributed by atoms with Crippen molar-refractivity contribution in [2.24, 2.45) is 0 Å². The van der Waals surface area contributed by atoms with Crippen molar-refractivity contribution in [3.63, 3.8) is 0 Å². The Kier molecular flexibility index (Phi) is 4.12. The number of nitrogens with one attached hydrogen (secondary N) is 1. The van der Waals surface area contributed by atoms with Crippen molar-refractivity contribution >= 4 is 5.91 Å². The van der Waals surface area contributed by atoms with Crippen molar-refractivity contribution in [1.82, 2.24) is 20.0 Å². The highest BCUT2D eigenvalue weighted by atomic mass is 16.5. The van der Waals surface area contributed by atoms with Gasteiger partial charge in [-0.3, -0.25) is 9.59 Å². The molecule has 8 heteroatoms. The standard InChI is InChI=1S/C17H20N4O4/c1-10-18-12(8-15(22)19-10)14-9-21(6-7-24-14)17(23)16-11-4-2-3-5-13(11)25-20-16/h8,14H,2-7,9H2,1H3,(H,18,19,22). The van der Waals surface area contributed by atoms with Gasteiger partial charge in [-0.15, -0.1) is 0 Å². The molecular formula is C17H20N4O4. The van der Waals surface area contributed by atoms with E-state index in [0.717, 1.165) is 37.0 Å². The van der Waals surface area contributed by atoms with E-state index >= 15 is 0 Å². The van der Waals surface area contributed by atoms with E-state index in [9.17, 15) is 9.59 Å². The summed E-state index contributed by atoms with van der Waals surface area (Å²) in [6.45, 7) is 2.94. The smallest absolute Gasteiger partial charge is 0.276 e. The Morgan fingerprint density at radius 3 is 3.04 bits per heavy atom. The van der Waals surface area contributed by atoms with E-state index in [2.05, 4.69) is 15.1 Å². The monoisotopic (exact) mass is 344 g/mol. The molecule has 1 atom stereocenters. The molecule has 0 saturated carbocycles. The molecule has 1 aliphatic heterocycles. The molecular weight excluding hydrogens is 324 g/mol. The number of hydrogen-bond acceptors (Lipinski definition) is 6. The molecule has 0 radical (unpaired) electrons. The van der Waals surface area contributed by atoms with Crippen LogP contribution in [0.25, 0.3) is 0 Å². The molecule has 0 bridgehead atoms. The Bertz CT molecular complexity index is 857. The molecule has 132 valence electrons. The highest BCUT2D eigenvalue weighted by molar-refractivity contribution is 5.94. The summed E-state index contributed by atoms with van der Waals surface area (Å²) in [6, 6.07) is 1.42. The first-order chi connectivity index (χ1) is 12.1. The normalized spacial score (nSPS) is 20.4. The van der Waals surface area contributed by atoms with E-state index in [1.54, 1.807) is 11.8 Å². The van der Waals surface area contributed by atoms with Gasteiger partial charge in [0.25, 0.3) is 11.5 Å². The third-order valence-electron chi connectivity index (χ3n) is 4.72. The van der Waals surface area contributed by atoms with E-state index in [0.29, 0.717) is 36.9 Å². The van der Waals surface area contributed by atoms with E-state index in [4.69, 9.17) is 9.26 Å². The van der Waals surface area contributed by atoms with Crippen molar-refractivity contribution in [3.8, 4) is 0 Å². The van der Waals surface area contributed by atoms with E-state index in [1.807, 2.05) is 0 Å². The minimum absolute atomic E-state index is 0.137. The van der Waals surface area contributed by atoms with Crippen molar-refractivity contribution in [2.75, 3.05) is 19.7 Å². The van der Waals surface area contributed by atoms with Crippen LogP contribution >= 0.6 is 0 Å². The third-order valence-corrected chi connectivity index (χ3v) is 4.72. The van der Waals surface area contributed by atoms with Crippen LogP contribution in [-0.4, -0.2) is 45.6 Å². The number of H-pyrrole nitrogens is 1. The maximum absolute atomic E-state index is 12.9. The molecule has 25 heavy (non-hydrogen) atoms. The van der Waals surface area contributed by atoms with Gasteiger partial charge in [-0.05, 0) is 26.2 Å². The van der Waals surface area contributed by atoms with Crippen LogP contribution in [0.2, 0.25) is 0 Å². The Morgan fingerprint density at radius 1 is 1.36 bits per heavy atom. The number of morpholine rings is 1. The zero-order valence-electron chi connectivity index (χ0n) is 14.1. The average molecular weight is 344 g/mol. The number of carbonyl (C=O) groups excluding carboxylic acids is 1. The molecule has 1 unspecified atom stereocenters. The van der Waals surface area contributed by atoms with Crippen LogP contribution in [0.4, 0.5) is 0 Å². The van der Waals surface area contributed by atoms with Crippen molar-refractivity contribution in [1.29, 1.82) is 0 Å². The summed E-state index contributed by atoms with van der Waals surface area (Å²) in [6.07, 6.45) is 3.39. The lowest BCUT2D eigenvalue weighted by Crippen LogP contribution is -2.43. The Balaban J connectivity index is 1.56. The van der Waals surface area contributed by atoms with Gasteiger partial charge >= 0.3 is 0 Å². The molecule has 0 spiro atoms. The second-order valence-electron chi connectivity index (χ2n) is 6.51. The molecule has 2 aliphatic rings. The quantitative estimate of drug-likeness (QED) is 0.877. The summed E-state index contributed by atoms with van der Waals surface area (Å²) in [7, 11) is 0. The number of aryl methyl sites for hydroxylation is 2. The SMILES string of the molecule is Cc1nc(C2CN(C(=O)c3noc4c3CCCC4)CCO2)cc(=O)[nH]1. The van der Waals surface area contributed by atoms with Gasteiger partial charge in [-0.2, -0.15) is 0 Å². The van der Waals surface area contributed by atoms with Crippen LogP contribution in [0, 0.1) is 6.92 Å². The van der Waals surface area contributed by atoms with Gasteiger partial charge in [0.15, 0.2) is 5.69 Å². The number of fused-ring (bicyclic) bond motifs is 1. The average Bonchev–Trinajstić information content (AvgIpc) is 3.04. The van der Waals surface area contributed by atoms with Crippen molar-refractivity contribution in [2.45, 2.75) is 38.7 Å². The molecule has 0 aromatic carbocycles. The molecule has 1 aliphatic carbocycles. The lowest BCUT2D eigenvalue weighted by atomic mass is 9.96. The van der Waals surface area contributed by atoms with Crippen LogP contribution in [0.3, 0.4) is 0 Å². The van der Waals surface area contributed by atoms with Gasteiger partial charge in [-0.25, -0.2) is 4.98 Å². The Morgan fingerprint density at radius 2 is 2.20 bits per heavy atom. The molecule has 8 nitrogen and oxygen atoms in total. The number of aromatic amines is 1. The van der Waals surface area contributed by atoms with Gasteiger partial charge in [0, 0.05) is 24.6 Å². The van der Waals surface area contributed by atoms with Gasteiger partial charge in [0.1, 0.15) is 17.7 Å². The van der Waals surface area contributed by atoms with Gasteiger partial charge in [-0.1, -0.05) is 5.16 Å². The lowest BCUT2D eigenvalue weighted by Gasteiger charge is -2.32. The molecule has 1 N–H and O–H groups in total. The van der Waals surface area contributed by atoms with Crippen LogP contribution in [0.5, 0.6) is 0 Å². The second-order valence-corrected chi connectivity index (χ2v) is 6.51. The van der Waals surface area contributed by atoms with Gasteiger partial charge < -0.3 is 19.1 Å². The molecule has 1 amide bonds. The van der Waals surface area contributed by atoms with Crippen molar-refractivity contribution in [3.05, 3.63) is 45.0 Å². The van der Waals surface area contributed by atoms with E-state index in [-0.39, 0.29) is 11.5 Å². The summed E-state index contributed by atoms with van der Waals surface area (Å²) in [5, 5.41) is 4.02.